The lowest BCUT2D eigenvalue weighted by Crippen LogP contribution is -2.47. The Hall–Kier alpha value is -3.16. The molecule has 0 radical (unpaired) electrons. The fourth-order valence-corrected chi connectivity index (χ4v) is 3.34. The first-order valence-electron chi connectivity index (χ1n) is 10.4. The molecule has 1 aromatic carbocycles. The number of carbonyl (C=O) groups is 1. The first-order valence-corrected chi connectivity index (χ1v) is 10.4. The van der Waals surface area contributed by atoms with Gasteiger partial charge in [-0.15, -0.1) is 0 Å². The molecule has 0 unspecified atom stereocenters. The first kappa shape index (κ1) is 20.1. The Labute approximate surface area is 176 Å². The lowest BCUT2D eigenvalue weighted by molar-refractivity contribution is 0.232. The predicted octanol–water partition coefficient (Wildman–Crippen LogP) is 3.51. The lowest BCUT2D eigenvalue weighted by atomic mass is 10.1. The molecule has 0 atom stereocenters. The summed E-state index contributed by atoms with van der Waals surface area (Å²) >= 11 is 0. The van der Waals surface area contributed by atoms with Gasteiger partial charge in [0.25, 0.3) is 0 Å². The molecule has 8 nitrogen and oxygen atoms in total. The summed E-state index contributed by atoms with van der Waals surface area (Å²) in [7, 11) is 0. The van der Waals surface area contributed by atoms with Crippen LogP contribution in [-0.2, 0) is 0 Å². The third-order valence-corrected chi connectivity index (χ3v) is 4.85. The number of hydrogen-bond donors (Lipinski definition) is 3. The molecule has 4 rings (SSSR count). The van der Waals surface area contributed by atoms with Gasteiger partial charge in [-0.3, -0.25) is 0 Å². The molecule has 0 saturated heterocycles. The van der Waals surface area contributed by atoms with Crippen LogP contribution in [0.1, 0.15) is 51.0 Å². The normalized spacial score (nSPS) is 14.0. The number of hydrogen-bond acceptors (Lipinski definition) is 5. The molecular formula is C22H29N7O. The fraction of sp³-hybridized carbons (Fsp3) is 0.455. The quantitative estimate of drug-likeness (QED) is 0.543. The van der Waals surface area contributed by atoms with E-state index in [1.165, 1.54) is 0 Å². The summed E-state index contributed by atoms with van der Waals surface area (Å²) < 4.78 is 1.89. The van der Waals surface area contributed by atoms with Crippen LogP contribution in [0.25, 0.3) is 16.7 Å². The molecule has 158 valence electrons. The molecule has 2 aromatic heterocycles. The molecule has 0 aliphatic heterocycles. The van der Waals surface area contributed by atoms with Crippen molar-refractivity contribution in [1.29, 1.82) is 0 Å². The Morgan fingerprint density at radius 3 is 2.53 bits per heavy atom. The monoisotopic (exact) mass is 407 g/mol. The Balaban J connectivity index is 1.57. The van der Waals surface area contributed by atoms with Crippen LogP contribution in [-0.4, -0.2) is 44.4 Å². The maximum Gasteiger partial charge on any atom is 0.315 e. The van der Waals surface area contributed by atoms with E-state index >= 15 is 0 Å². The van der Waals surface area contributed by atoms with Crippen LogP contribution in [0.2, 0.25) is 0 Å². The molecule has 1 saturated carbocycles. The van der Waals surface area contributed by atoms with Crippen molar-refractivity contribution in [1.82, 2.24) is 30.4 Å². The van der Waals surface area contributed by atoms with Crippen molar-refractivity contribution in [3.05, 3.63) is 41.9 Å². The summed E-state index contributed by atoms with van der Waals surface area (Å²) in [6.45, 7) is 8.88. The highest BCUT2D eigenvalue weighted by atomic mass is 16.2. The van der Waals surface area contributed by atoms with E-state index in [0.717, 1.165) is 46.9 Å². The minimum Gasteiger partial charge on any atom is -0.368 e. The number of benzene rings is 1. The number of para-hydroxylation sites is 1. The molecule has 1 aliphatic carbocycles. The summed E-state index contributed by atoms with van der Waals surface area (Å²) in [6.07, 6.45) is 2.25. The predicted molar refractivity (Wildman–Crippen MR) is 118 cm³/mol. The van der Waals surface area contributed by atoms with Crippen molar-refractivity contribution in [2.75, 3.05) is 18.4 Å². The molecule has 1 fully saturated rings. The SMILES string of the molecule is Cc1nn(-c2ccccc2)c2nc(C3CC3)nc(NCCNC(=O)NC(C)(C)C)c12. The van der Waals surface area contributed by atoms with Crippen molar-refractivity contribution < 1.29 is 4.79 Å². The summed E-state index contributed by atoms with van der Waals surface area (Å²) in [5.74, 6) is 2.06. The minimum atomic E-state index is -0.265. The molecule has 2 heterocycles. The van der Waals surface area contributed by atoms with Crippen molar-refractivity contribution in [2.24, 2.45) is 0 Å². The third-order valence-electron chi connectivity index (χ3n) is 4.85. The van der Waals surface area contributed by atoms with Gasteiger partial charge in [-0.2, -0.15) is 5.10 Å². The van der Waals surface area contributed by atoms with E-state index in [1.54, 1.807) is 0 Å². The molecule has 30 heavy (non-hydrogen) atoms. The number of aryl methyl sites for hydroxylation is 1. The summed E-state index contributed by atoms with van der Waals surface area (Å²) in [5, 5.41) is 14.8. The summed E-state index contributed by atoms with van der Waals surface area (Å²) in [4.78, 5) is 21.6. The number of carbonyl (C=O) groups excluding carboxylic acids is 1. The second-order valence-electron chi connectivity index (χ2n) is 8.79. The van der Waals surface area contributed by atoms with Gasteiger partial charge in [0.2, 0.25) is 0 Å². The highest BCUT2D eigenvalue weighted by Gasteiger charge is 2.29. The van der Waals surface area contributed by atoms with Gasteiger partial charge in [0.1, 0.15) is 11.6 Å². The average Bonchev–Trinajstić information content (AvgIpc) is 3.48. The molecule has 2 amide bonds. The van der Waals surface area contributed by atoms with Crippen molar-refractivity contribution >= 4 is 22.9 Å². The van der Waals surface area contributed by atoms with Crippen LogP contribution < -0.4 is 16.0 Å². The van der Waals surface area contributed by atoms with E-state index in [4.69, 9.17) is 15.1 Å². The van der Waals surface area contributed by atoms with Gasteiger partial charge in [-0.25, -0.2) is 19.4 Å². The fourth-order valence-electron chi connectivity index (χ4n) is 3.34. The molecule has 0 spiro atoms. The summed E-state index contributed by atoms with van der Waals surface area (Å²) in [6, 6.07) is 9.85. The van der Waals surface area contributed by atoms with Crippen molar-refractivity contribution in [3.63, 3.8) is 0 Å². The molecule has 8 heteroatoms. The number of nitrogens with one attached hydrogen (secondary N) is 3. The maximum absolute atomic E-state index is 12.0. The topological polar surface area (TPSA) is 96.8 Å². The van der Waals surface area contributed by atoms with E-state index in [9.17, 15) is 4.79 Å². The molecule has 3 aromatic rings. The highest BCUT2D eigenvalue weighted by Crippen LogP contribution is 2.40. The van der Waals surface area contributed by atoms with Crippen LogP contribution in [0.3, 0.4) is 0 Å². The van der Waals surface area contributed by atoms with Gasteiger partial charge in [0.15, 0.2) is 5.65 Å². The first-order chi connectivity index (χ1) is 14.3. The van der Waals surface area contributed by atoms with Gasteiger partial charge in [0, 0.05) is 24.5 Å². The Morgan fingerprint density at radius 2 is 1.87 bits per heavy atom. The molecule has 1 aliphatic rings. The van der Waals surface area contributed by atoms with Gasteiger partial charge in [-0.05, 0) is 52.7 Å². The van der Waals surface area contributed by atoms with Crippen LogP contribution in [0.15, 0.2) is 30.3 Å². The standard InChI is InChI=1S/C22H29N7O/c1-14-17-19(23-12-13-24-21(30)27-22(2,3)4)25-18(15-10-11-15)26-20(17)29(28-14)16-8-6-5-7-9-16/h5-9,15H,10-13H2,1-4H3,(H,23,25,26)(H2,24,27,30). The largest absolute Gasteiger partial charge is 0.368 e. The zero-order valence-electron chi connectivity index (χ0n) is 18.0. The lowest BCUT2D eigenvalue weighted by Gasteiger charge is -2.20. The van der Waals surface area contributed by atoms with Crippen LogP contribution >= 0.6 is 0 Å². The van der Waals surface area contributed by atoms with Gasteiger partial charge in [0.05, 0.1) is 16.8 Å². The molecule has 0 bridgehead atoms. The second kappa shape index (κ2) is 7.93. The van der Waals surface area contributed by atoms with Gasteiger partial charge < -0.3 is 16.0 Å². The molecular weight excluding hydrogens is 378 g/mol. The second-order valence-corrected chi connectivity index (χ2v) is 8.79. The maximum atomic E-state index is 12.0. The van der Waals surface area contributed by atoms with E-state index < -0.39 is 0 Å². The Morgan fingerprint density at radius 1 is 1.13 bits per heavy atom. The number of rotatable bonds is 6. The number of nitrogens with zero attached hydrogens (tertiary/aromatic N) is 4. The number of amides is 2. The number of anilines is 1. The van der Waals surface area contributed by atoms with E-state index in [-0.39, 0.29) is 11.6 Å². The number of aromatic nitrogens is 4. The zero-order chi connectivity index (χ0) is 21.3. The van der Waals surface area contributed by atoms with E-state index in [0.29, 0.717) is 19.0 Å². The van der Waals surface area contributed by atoms with Gasteiger partial charge >= 0.3 is 6.03 Å². The van der Waals surface area contributed by atoms with Crippen LogP contribution in [0.4, 0.5) is 10.6 Å². The molecule has 3 N–H and O–H groups in total. The van der Waals surface area contributed by atoms with E-state index in [1.807, 2.05) is 62.7 Å². The third kappa shape index (κ3) is 4.53. The zero-order valence-corrected chi connectivity index (χ0v) is 18.0. The number of fused-ring (bicyclic) bond motifs is 1. The van der Waals surface area contributed by atoms with Gasteiger partial charge in [-0.1, -0.05) is 18.2 Å². The highest BCUT2D eigenvalue weighted by molar-refractivity contribution is 5.90. The average molecular weight is 408 g/mol. The number of urea groups is 1. The van der Waals surface area contributed by atoms with Crippen LogP contribution in [0.5, 0.6) is 0 Å². The smallest absolute Gasteiger partial charge is 0.315 e. The van der Waals surface area contributed by atoms with E-state index in [2.05, 4.69) is 16.0 Å². The minimum absolute atomic E-state index is 0.177. The van der Waals surface area contributed by atoms with Crippen molar-refractivity contribution in [3.8, 4) is 5.69 Å². The summed E-state index contributed by atoms with van der Waals surface area (Å²) in [5.41, 5.74) is 2.40. The Kier molecular flexibility index (Phi) is 5.32. The Bertz CT molecular complexity index is 1050. The van der Waals surface area contributed by atoms with Crippen LogP contribution in [0, 0.1) is 6.92 Å². The van der Waals surface area contributed by atoms with Crippen molar-refractivity contribution in [2.45, 2.75) is 52.0 Å².